The van der Waals surface area contributed by atoms with E-state index in [1.165, 1.54) is 28.5 Å². The van der Waals surface area contributed by atoms with Crippen LogP contribution < -0.4 is 5.32 Å². The molecule has 2 rings (SSSR count). The molecular weight excluding hydrogens is 220 g/mol. The van der Waals surface area contributed by atoms with Gasteiger partial charge in [0.25, 0.3) is 0 Å². The van der Waals surface area contributed by atoms with Crippen LogP contribution in [-0.2, 0) is 13.1 Å². The van der Waals surface area contributed by atoms with Crippen LogP contribution in [0.15, 0.2) is 42.6 Å². The van der Waals surface area contributed by atoms with Gasteiger partial charge in [-0.2, -0.15) is 0 Å². The molecule has 2 heteroatoms. The van der Waals surface area contributed by atoms with E-state index >= 15 is 0 Å². The Hall–Kier alpha value is -1.54. The van der Waals surface area contributed by atoms with Crippen molar-refractivity contribution in [2.45, 2.75) is 33.4 Å². The summed E-state index contributed by atoms with van der Waals surface area (Å²) >= 11 is 0. The number of benzene rings is 1. The van der Waals surface area contributed by atoms with E-state index in [1.54, 1.807) is 0 Å². The zero-order chi connectivity index (χ0) is 13.0. The Kier molecular flexibility index (Phi) is 4.21. The van der Waals surface area contributed by atoms with Crippen molar-refractivity contribution < 1.29 is 0 Å². The highest BCUT2D eigenvalue weighted by molar-refractivity contribution is 5.83. The molecule has 1 aromatic heterocycles. The minimum absolute atomic E-state index is 0.897. The van der Waals surface area contributed by atoms with Crippen LogP contribution in [0.5, 0.6) is 0 Å². The smallest absolute Gasteiger partial charge is 0.0528 e. The maximum atomic E-state index is 4.01. The first-order chi connectivity index (χ1) is 8.72. The van der Waals surface area contributed by atoms with E-state index in [9.17, 15) is 0 Å². The third-order valence-electron chi connectivity index (χ3n) is 3.05. The molecule has 0 aliphatic rings. The summed E-state index contributed by atoms with van der Waals surface area (Å²) in [7, 11) is 0. The first-order valence-electron chi connectivity index (χ1n) is 6.64. The third kappa shape index (κ3) is 2.82. The van der Waals surface area contributed by atoms with E-state index < -0.39 is 0 Å². The van der Waals surface area contributed by atoms with Crippen LogP contribution in [0.3, 0.4) is 0 Å². The summed E-state index contributed by atoms with van der Waals surface area (Å²) in [6.07, 6.45) is 3.32. The maximum Gasteiger partial charge on any atom is 0.0528 e. The second-order valence-electron chi connectivity index (χ2n) is 4.93. The van der Waals surface area contributed by atoms with Crippen LogP contribution in [0, 0.1) is 0 Å². The van der Waals surface area contributed by atoms with E-state index in [4.69, 9.17) is 0 Å². The van der Waals surface area contributed by atoms with E-state index in [0.29, 0.717) is 0 Å². The first kappa shape index (κ1) is 12.9. The van der Waals surface area contributed by atoms with E-state index in [-0.39, 0.29) is 0 Å². The average molecular weight is 242 g/mol. The van der Waals surface area contributed by atoms with Crippen molar-refractivity contribution in [2.24, 2.45) is 0 Å². The number of hydrogen-bond donors (Lipinski definition) is 1. The molecule has 0 amide bonds. The molecule has 18 heavy (non-hydrogen) atoms. The molecule has 0 saturated heterocycles. The van der Waals surface area contributed by atoms with Gasteiger partial charge in [-0.1, -0.05) is 37.3 Å². The molecule has 96 valence electrons. The van der Waals surface area contributed by atoms with Gasteiger partial charge in [0.05, 0.1) is 5.52 Å². The molecule has 0 spiro atoms. The Balaban J connectivity index is 2.32. The molecule has 0 bridgehead atoms. The van der Waals surface area contributed by atoms with Crippen LogP contribution in [0.1, 0.15) is 25.8 Å². The molecule has 1 aromatic carbocycles. The molecule has 0 atom stereocenters. The Morgan fingerprint density at radius 2 is 2.17 bits per heavy atom. The SMILES string of the molecule is C=C(C)Cn1ccc2cccc(CNCCC)c21. The Labute approximate surface area is 109 Å². The van der Waals surface area contributed by atoms with Crippen LogP contribution in [0.25, 0.3) is 10.9 Å². The van der Waals surface area contributed by atoms with Crippen molar-refractivity contribution in [1.82, 2.24) is 9.88 Å². The van der Waals surface area contributed by atoms with Gasteiger partial charge in [-0.3, -0.25) is 0 Å². The van der Waals surface area contributed by atoms with Crippen molar-refractivity contribution in [1.29, 1.82) is 0 Å². The van der Waals surface area contributed by atoms with Gasteiger partial charge in [0.1, 0.15) is 0 Å². The Bertz CT molecular complexity index is 537. The Morgan fingerprint density at radius 3 is 2.89 bits per heavy atom. The molecule has 2 nitrogen and oxygen atoms in total. The van der Waals surface area contributed by atoms with Crippen molar-refractivity contribution in [2.75, 3.05) is 6.54 Å². The highest BCUT2D eigenvalue weighted by atomic mass is 15.0. The molecular formula is C16H22N2. The lowest BCUT2D eigenvalue weighted by Crippen LogP contribution is -2.14. The summed E-state index contributed by atoms with van der Waals surface area (Å²) in [5, 5.41) is 4.79. The van der Waals surface area contributed by atoms with Gasteiger partial charge >= 0.3 is 0 Å². The quantitative estimate of drug-likeness (QED) is 0.603. The van der Waals surface area contributed by atoms with E-state index in [2.05, 4.69) is 60.8 Å². The highest BCUT2D eigenvalue weighted by Gasteiger charge is 2.06. The number of aromatic nitrogens is 1. The molecule has 1 N–H and O–H groups in total. The van der Waals surface area contributed by atoms with E-state index in [0.717, 1.165) is 19.6 Å². The second kappa shape index (κ2) is 5.87. The molecule has 2 aromatic rings. The summed E-state index contributed by atoms with van der Waals surface area (Å²) in [4.78, 5) is 0. The third-order valence-corrected chi connectivity index (χ3v) is 3.05. The number of nitrogens with one attached hydrogen (secondary N) is 1. The Morgan fingerprint density at radius 1 is 1.33 bits per heavy atom. The van der Waals surface area contributed by atoms with Gasteiger partial charge in [-0.25, -0.2) is 0 Å². The van der Waals surface area contributed by atoms with Crippen molar-refractivity contribution >= 4 is 10.9 Å². The minimum atomic E-state index is 0.897. The van der Waals surface area contributed by atoms with Crippen molar-refractivity contribution in [3.63, 3.8) is 0 Å². The second-order valence-corrected chi connectivity index (χ2v) is 4.93. The molecule has 0 fully saturated rings. The number of rotatable bonds is 6. The summed E-state index contributed by atoms with van der Waals surface area (Å²) in [5.41, 5.74) is 3.89. The number of nitrogens with zero attached hydrogens (tertiary/aromatic N) is 1. The monoisotopic (exact) mass is 242 g/mol. The van der Waals surface area contributed by atoms with Gasteiger partial charge in [0, 0.05) is 19.3 Å². The number of hydrogen-bond acceptors (Lipinski definition) is 1. The van der Waals surface area contributed by atoms with Gasteiger partial charge in [0.15, 0.2) is 0 Å². The first-order valence-corrected chi connectivity index (χ1v) is 6.64. The number of allylic oxidation sites excluding steroid dienone is 1. The van der Waals surface area contributed by atoms with Crippen LogP contribution >= 0.6 is 0 Å². The van der Waals surface area contributed by atoms with E-state index in [1.807, 2.05) is 0 Å². The zero-order valence-corrected chi connectivity index (χ0v) is 11.4. The minimum Gasteiger partial charge on any atom is -0.343 e. The van der Waals surface area contributed by atoms with Gasteiger partial charge in [-0.15, -0.1) is 0 Å². The number of para-hydroxylation sites is 1. The lowest BCUT2D eigenvalue weighted by Gasteiger charge is -2.10. The van der Waals surface area contributed by atoms with Crippen LogP contribution in [0.4, 0.5) is 0 Å². The standard InChI is InChI=1S/C16H22N2/c1-4-9-17-11-15-7-5-6-14-8-10-18(16(14)15)12-13(2)3/h5-8,10,17H,2,4,9,11-12H2,1,3H3. The largest absolute Gasteiger partial charge is 0.343 e. The molecule has 0 radical (unpaired) electrons. The summed E-state index contributed by atoms with van der Waals surface area (Å²) < 4.78 is 2.29. The fraction of sp³-hybridized carbons (Fsp3) is 0.375. The lowest BCUT2D eigenvalue weighted by atomic mass is 10.1. The van der Waals surface area contributed by atoms with Crippen LogP contribution in [0.2, 0.25) is 0 Å². The lowest BCUT2D eigenvalue weighted by molar-refractivity contribution is 0.675. The van der Waals surface area contributed by atoms with Crippen LogP contribution in [-0.4, -0.2) is 11.1 Å². The molecule has 0 aliphatic heterocycles. The predicted octanol–water partition coefficient (Wildman–Crippen LogP) is 3.72. The average Bonchev–Trinajstić information content (AvgIpc) is 2.73. The summed E-state index contributed by atoms with van der Waals surface area (Å²) in [6, 6.07) is 8.70. The molecule has 1 heterocycles. The maximum absolute atomic E-state index is 4.01. The summed E-state index contributed by atoms with van der Waals surface area (Å²) in [5.74, 6) is 0. The van der Waals surface area contributed by atoms with Gasteiger partial charge in [0.2, 0.25) is 0 Å². The zero-order valence-electron chi connectivity index (χ0n) is 11.4. The predicted molar refractivity (Wildman–Crippen MR) is 78.7 cm³/mol. The fourth-order valence-corrected chi connectivity index (χ4v) is 2.31. The fourth-order valence-electron chi connectivity index (χ4n) is 2.31. The topological polar surface area (TPSA) is 17.0 Å². The van der Waals surface area contributed by atoms with Gasteiger partial charge in [-0.05, 0) is 36.9 Å². The molecule has 0 unspecified atom stereocenters. The number of fused-ring (bicyclic) bond motifs is 1. The molecule has 0 saturated carbocycles. The summed E-state index contributed by atoms with van der Waals surface area (Å²) in [6.45, 7) is 11.2. The van der Waals surface area contributed by atoms with Gasteiger partial charge < -0.3 is 9.88 Å². The van der Waals surface area contributed by atoms with Crippen molar-refractivity contribution in [3.05, 3.63) is 48.2 Å². The highest BCUT2D eigenvalue weighted by Crippen LogP contribution is 2.21. The normalized spacial score (nSPS) is 11.0. The molecule has 0 aliphatic carbocycles. The van der Waals surface area contributed by atoms with Crippen molar-refractivity contribution in [3.8, 4) is 0 Å².